The van der Waals surface area contributed by atoms with E-state index >= 15 is 0 Å². The molecule has 0 atom stereocenters. The quantitative estimate of drug-likeness (QED) is 0.737. The van der Waals surface area contributed by atoms with Crippen LogP contribution in [0, 0.1) is 13.8 Å². The highest BCUT2D eigenvalue weighted by Gasteiger charge is 2.34. The Morgan fingerprint density at radius 3 is 2.70 bits per heavy atom. The average Bonchev–Trinajstić information content (AvgIpc) is 3.28. The standard InChI is InChI=1S/C20H20N2O4S/c1-4-7-21-19(23)18(27-20(21)24)9-14-8-12(2)22(13(14)3)15-5-6-16-17(10-15)26-11-25-16/h5-6,8-10H,4,7,11H2,1-3H3/b18-9+. The third-order valence-electron chi connectivity index (χ3n) is 4.69. The predicted molar refractivity (Wildman–Crippen MR) is 104 cm³/mol. The van der Waals surface area contributed by atoms with Crippen molar-refractivity contribution >= 4 is 29.0 Å². The minimum Gasteiger partial charge on any atom is -0.454 e. The number of thioether (sulfide) groups is 1. The van der Waals surface area contributed by atoms with Gasteiger partial charge in [-0.05, 0) is 61.9 Å². The number of carbonyl (C=O) groups is 2. The summed E-state index contributed by atoms with van der Waals surface area (Å²) in [6, 6.07) is 7.84. The van der Waals surface area contributed by atoms with Gasteiger partial charge in [0.25, 0.3) is 11.1 Å². The molecular formula is C20H20N2O4S. The number of hydrogen-bond donors (Lipinski definition) is 0. The molecule has 6 nitrogen and oxygen atoms in total. The maximum Gasteiger partial charge on any atom is 0.293 e. The van der Waals surface area contributed by atoms with Gasteiger partial charge in [-0.2, -0.15) is 0 Å². The molecule has 7 heteroatoms. The third-order valence-corrected chi connectivity index (χ3v) is 5.60. The summed E-state index contributed by atoms with van der Waals surface area (Å²) in [6.45, 7) is 6.66. The highest BCUT2D eigenvalue weighted by molar-refractivity contribution is 8.18. The minimum absolute atomic E-state index is 0.197. The second-order valence-corrected chi connectivity index (χ2v) is 7.53. The van der Waals surface area contributed by atoms with Gasteiger partial charge < -0.3 is 14.0 Å². The van der Waals surface area contributed by atoms with Crippen LogP contribution in [0.1, 0.15) is 30.3 Å². The van der Waals surface area contributed by atoms with Crippen LogP contribution in [-0.2, 0) is 4.79 Å². The SMILES string of the molecule is CCCN1C(=O)S/C(=C/c2cc(C)n(-c3ccc4c(c3)OCO4)c2C)C1=O. The highest BCUT2D eigenvalue weighted by atomic mass is 32.2. The lowest BCUT2D eigenvalue weighted by Crippen LogP contribution is -2.28. The summed E-state index contributed by atoms with van der Waals surface area (Å²) in [5.74, 6) is 1.26. The van der Waals surface area contributed by atoms with E-state index < -0.39 is 0 Å². The van der Waals surface area contributed by atoms with E-state index in [2.05, 4.69) is 4.57 Å². The smallest absolute Gasteiger partial charge is 0.293 e. The molecule has 0 spiro atoms. The van der Waals surface area contributed by atoms with Crippen LogP contribution >= 0.6 is 11.8 Å². The van der Waals surface area contributed by atoms with Crippen molar-refractivity contribution in [2.24, 2.45) is 0 Å². The number of nitrogens with zero attached hydrogens (tertiary/aromatic N) is 2. The van der Waals surface area contributed by atoms with E-state index in [0.29, 0.717) is 11.4 Å². The molecule has 0 unspecified atom stereocenters. The lowest BCUT2D eigenvalue weighted by molar-refractivity contribution is -0.122. The van der Waals surface area contributed by atoms with Crippen LogP contribution in [0.4, 0.5) is 4.79 Å². The molecule has 0 saturated carbocycles. The van der Waals surface area contributed by atoms with Crippen molar-refractivity contribution in [3.05, 3.63) is 46.1 Å². The van der Waals surface area contributed by atoms with Gasteiger partial charge >= 0.3 is 0 Å². The first-order valence-corrected chi connectivity index (χ1v) is 9.65. The summed E-state index contributed by atoms with van der Waals surface area (Å²) in [6.07, 6.45) is 2.57. The molecule has 4 rings (SSSR count). The topological polar surface area (TPSA) is 60.8 Å². The largest absolute Gasteiger partial charge is 0.454 e. The number of imide groups is 1. The van der Waals surface area contributed by atoms with Crippen LogP contribution in [0.2, 0.25) is 0 Å². The number of rotatable bonds is 4. The van der Waals surface area contributed by atoms with Gasteiger partial charge in [0.15, 0.2) is 11.5 Å². The van der Waals surface area contributed by atoms with Gasteiger partial charge in [-0.15, -0.1) is 0 Å². The third kappa shape index (κ3) is 3.02. The Kier molecular flexibility index (Phi) is 4.47. The van der Waals surface area contributed by atoms with E-state index in [0.717, 1.165) is 52.3 Å². The zero-order valence-electron chi connectivity index (χ0n) is 15.4. The first kappa shape index (κ1) is 17.7. The molecule has 1 aromatic heterocycles. The van der Waals surface area contributed by atoms with Crippen LogP contribution in [0.25, 0.3) is 11.8 Å². The van der Waals surface area contributed by atoms with Gasteiger partial charge in [0.1, 0.15) is 0 Å². The fourth-order valence-corrected chi connectivity index (χ4v) is 4.27. The molecule has 27 heavy (non-hydrogen) atoms. The van der Waals surface area contributed by atoms with E-state index in [-0.39, 0.29) is 17.9 Å². The lowest BCUT2D eigenvalue weighted by Gasteiger charge is -2.10. The molecule has 2 aromatic rings. The van der Waals surface area contributed by atoms with Gasteiger partial charge in [-0.3, -0.25) is 14.5 Å². The molecule has 2 aliphatic heterocycles. The van der Waals surface area contributed by atoms with Crippen molar-refractivity contribution in [3.8, 4) is 17.2 Å². The fraction of sp³-hybridized carbons (Fsp3) is 0.300. The average molecular weight is 384 g/mol. The summed E-state index contributed by atoms with van der Waals surface area (Å²) in [4.78, 5) is 26.3. The summed E-state index contributed by atoms with van der Waals surface area (Å²) in [5, 5.41) is -0.197. The normalized spacial score (nSPS) is 17.4. The van der Waals surface area contributed by atoms with Crippen LogP contribution in [0.3, 0.4) is 0 Å². The Hall–Kier alpha value is -2.67. The number of ether oxygens (including phenoxy) is 2. The number of hydrogen-bond acceptors (Lipinski definition) is 5. The summed E-state index contributed by atoms with van der Waals surface area (Å²) >= 11 is 1.01. The van der Waals surface area contributed by atoms with Crippen molar-refractivity contribution in [2.75, 3.05) is 13.3 Å². The number of aromatic nitrogens is 1. The summed E-state index contributed by atoms with van der Waals surface area (Å²) in [7, 11) is 0. The molecular weight excluding hydrogens is 364 g/mol. The second-order valence-electron chi connectivity index (χ2n) is 6.53. The molecule has 0 radical (unpaired) electrons. The Morgan fingerprint density at radius 1 is 1.15 bits per heavy atom. The van der Waals surface area contributed by atoms with Crippen LogP contribution in [0.15, 0.2) is 29.2 Å². The van der Waals surface area contributed by atoms with Gasteiger partial charge in [0.05, 0.1) is 4.91 Å². The zero-order chi connectivity index (χ0) is 19.1. The molecule has 0 aliphatic carbocycles. The predicted octanol–water partition coefficient (Wildman–Crippen LogP) is 4.27. The Bertz CT molecular complexity index is 977. The van der Waals surface area contributed by atoms with Crippen molar-refractivity contribution in [1.29, 1.82) is 0 Å². The molecule has 1 aromatic carbocycles. The lowest BCUT2D eigenvalue weighted by atomic mass is 10.2. The fourth-order valence-electron chi connectivity index (χ4n) is 3.41. The van der Waals surface area contributed by atoms with Gasteiger partial charge in [-0.1, -0.05) is 6.92 Å². The van der Waals surface area contributed by atoms with Crippen LogP contribution in [0.5, 0.6) is 11.5 Å². The van der Waals surface area contributed by atoms with Gasteiger partial charge in [0.2, 0.25) is 6.79 Å². The summed E-state index contributed by atoms with van der Waals surface area (Å²) < 4.78 is 13.0. The highest BCUT2D eigenvalue weighted by Crippen LogP contribution is 2.36. The molecule has 1 saturated heterocycles. The number of aryl methyl sites for hydroxylation is 1. The number of amides is 2. The van der Waals surface area contributed by atoms with Crippen molar-refractivity contribution in [1.82, 2.24) is 9.47 Å². The minimum atomic E-state index is -0.209. The maximum absolute atomic E-state index is 12.5. The zero-order valence-corrected chi connectivity index (χ0v) is 16.3. The molecule has 3 heterocycles. The maximum atomic E-state index is 12.5. The van der Waals surface area contributed by atoms with Crippen LogP contribution in [-0.4, -0.2) is 34.0 Å². The summed E-state index contributed by atoms with van der Waals surface area (Å²) in [5.41, 5.74) is 3.92. The van der Waals surface area contributed by atoms with E-state index in [1.807, 2.05) is 51.1 Å². The van der Waals surface area contributed by atoms with Crippen molar-refractivity contribution in [3.63, 3.8) is 0 Å². The van der Waals surface area contributed by atoms with Crippen molar-refractivity contribution in [2.45, 2.75) is 27.2 Å². The van der Waals surface area contributed by atoms with Crippen LogP contribution < -0.4 is 9.47 Å². The molecule has 0 bridgehead atoms. The Balaban J connectivity index is 1.70. The molecule has 1 fully saturated rings. The molecule has 2 amide bonds. The van der Waals surface area contributed by atoms with Gasteiger partial charge in [0, 0.05) is 29.7 Å². The van der Waals surface area contributed by atoms with E-state index in [9.17, 15) is 9.59 Å². The first-order valence-electron chi connectivity index (χ1n) is 8.84. The molecule has 140 valence electrons. The molecule has 0 N–H and O–H groups in total. The monoisotopic (exact) mass is 384 g/mol. The van der Waals surface area contributed by atoms with Crippen molar-refractivity contribution < 1.29 is 19.1 Å². The Morgan fingerprint density at radius 2 is 1.93 bits per heavy atom. The number of fused-ring (bicyclic) bond motifs is 1. The molecule has 2 aliphatic rings. The van der Waals surface area contributed by atoms with Gasteiger partial charge in [-0.25, -0.2) is 0 Å². The first-order chi connectivity index (χ1) is 13.0. The Labute approximate surface area is 161 Å². The number of benzene rings is 1. The van der Waals surface area contributed by atoms with E-state index in [1.54, 1.807) is 0 Å². The second kappa shape index (κ2) is 6.81. The number of carbonyl (C=O) groups excluding carboxylic acids is 2. The van der Waals surface area contributed by atoms with E-state index in [1.165, 1.54) is 4.90 Å². The van der Waals surface area contributed by atoms with E-state index in [4.69, 9.17) is 9.47 Å².